The number of H-pyrrole nitrogens is 1. The number of amides is 2. The molecule has 2 amide bonds. The SMILES string of the molecule is Cc1cc(C(C)(C)C)nn1-c1ccc(C2CN(C(=O)N3CC4(CC(c5n[nH]c(C6CC6)n5)C4)C3)C2)cc1. The van der Waals surface area contributed by atoms with Gasteiger partial charge in [-0.25, -0.2) is 14.5 Å². The number of urea groups is 1. The van der Waals surface area contributed by atoms with Crippen LogP contribution >= 0.6 is 0 Å². The number of carbonyl (C=O) groups is 1. The smallest absolute Gasteiger partial charge is 0.320 e. The van der Waals surface area contributed by atoms with E-state index in [4.69, 9.17) is 10.1 Å². The molecule has 0 unspecified atom stereocenters. The monoisotopic (exact) mass is 499 g/mol. The third-order valence-corrected chi connectivity index (χ3v) is 8.95. The van der Waals surface area contributed by atoms with Gasteiger partial charge >= 0.3 is 6.03 Å². The van der Waals surface area contributed by atoms with E-state index in [1.165, 1.54) is 18.4 Å². The van der Waals surface area contributed by atoms with Crippen molar-refractivity contribution in [3.63, 3.8) is 0 Å². The molecule has 2 saturated carbocycles. The van der Waals surface area contributed by atoms with E-state index in [0.29, 0.717) is 23.2 Å². The van der Waals surface area contributed by atoms with Gasteiger partial charge in [-0.1, -0.05) is 32.9 Å². The topological polar surface area (TPSA) is 82.9 Å². The number of aromatic amines is 1. The number of benzene rings is 1. The summed E-state index contributed by atoms with van der Waals surface area (Å²) in [6, 6.07) is 11.1. The second-order valence-corrected chi connectivity index (χ2v) is 13.1. The van der Waals surface area contributed by atoms with Crippen LogP contribution in [0.4, 0.5) is 4.79 Å². The lowest BCUT2D eigenvalue weighted by molar-refractivity contribution is -0.0601. The van der Waals surface area contributed by atoms with Crippen molar-refractivity contribution in [3.8, 4) is 5.69 Å². The van der Waals surface area contributed by atoms with Gasteiger partial charge in [0.05, 0.1) is 11.4 Å². The quantitative estimate of drug-likeness (QED) is 0.555. The molecule has 2 saturated heterocycles. The van der Waals surface area contributed by atoms with Gasteiger partial charge in [0.1, 0.15) is 5.82 Å². The number of hydrogen-bond acceptors (Lipinski definition) is 4. The number of aryl methyl sites for hydroxylation is 1. The minimum Gasteiger partial charge on any atom is -0.323 e. The van der Waals surface area contributed by atoms with Crippen LogP contribution in [0.3, 0.4) is 0 Å². The number of nitrogens with zero attached hydrogens (tertiary/aromatic N) is 6. The number of nitrogens with one attached hydrogen (secondary N) is 1. The summed E-state index contributed by atoms with van der Waals surface area (Å²) >= 11 is 0. The fraction of sp³-hybridized carbons (Fsp3) is 0.586. The van der Waals surface area contributed by atoms with Gasteiger partial charge in [0.15, 0.2) is 5.82 Å². The standard InChI is InChI=1S/C29H37N7O/c1-18-11-24(28(2,3)4)33-36(18)23-9-7-19(8-10-23)22-14-34(15-22)27(37)35-16-29(17-35)12-21(13-29)26-30-25(31-32-26)20-5-6-20/h7-11,20-22H,5-6,12-17H2,1-4H3,(H,30,31,32). The zero-order valence-corrected chi connectivity index (χ0v) is 22.4. The summed E-state index contributed by atoms with van der Waals surface area (Å²) in [7, 11) is 0. The van der Waals surface area contributed by atoms with Crippen molar-refractivity contribution in [2.45, 2.75) is 76.5 Å². The van der Waals surface area contributed by atoms with Gasteiger partial charge in [-0.2, -0.15) is 10.2 Å². The van der Waals surface area contributed by atoms with Gasteiger partial charge in [-0.05, 0) is 56.4 Å². The van der Waals surface area contributed by atoms with Crippen LogP contribution in [-0.4, -0.2) is 67.0 Å². The molecule has 4 heterocycles. The van der Waals surface area contributed by atoms with Crippen LogP contribution in [0.25, 0.3) is 5.69 Å². The summed E-state index contributed by atoms with van der Waals surface area (Å²) < 4.78 is 2.03. The predicted octanol–water partition coefficient (Wildman–Crippen LogP) is 4.87. The Balaban J connectivity index is 0.900. The molecule has 4 fully saturated rings. The largest absolute Gasteiger partial charge is 0.323 e. The molecule has 37 heavy (non-hydrogen) atoms. The highest BCUT2D eigenvalue weighted by molar-refractivity contribution is 5.77. The zero-order valence-electron chi connectivity index (χ0n) is 22.4. The second kappa shape index (κ2) is 7.92. The maximum Gasteiger partial charge on any atom is 0.320 e. The zero-order chi connectivity index (χ0) is 25.5. The van der Waals surface area contributed by atoms with E-state index in [2.05, 4.69) is 68.2 Å². The molecule has 3 aromatic rings. The van der Waals surface area contributed by atoms with Crippen molar-refractivity contribution in [2.75, 3.05) is 26.2 Å². The maximum absolute atomic E-state index is 13.0. The summed E-state index contributed by atoms with van der Waals surface area (Å²) in [4.78, 5) is 21.8. The van der Waals surface area contributed by atoms with E-state index in [1.807, 2.05) is 14.5 Å². The Hall–Kier alpha value is -3.16. The Morgan fingerprint density at radius 1 is 1.00 bits per heavy atom. The average Bonchev–Trinajstić information content (AvgIpc) is 3.37. The van der Waals surface area contributed by atoms with E-state index < -0.39 is 0 Å². The molecule has 8 heteroatoms. The van der Waals surface area contributed by atoms with Crippen LogP contribution in [0.5, 0.6) is 0 Å². The molecule has 1 N–H and O–H groups in total. The van der Waals surface area contributed by atoms with Gasteiger partial charge in [0.2, 0.25) is 0 Å². The summed E-state index contributed by atoms with van der Waals surface area (Å²) in [5.74, 6) is 3.56. The minimum atomic E-state index is 0.0324. The summed E-state index contributed by atoms with van der Waals surface area (Å²) in [5, 5.41) is 12.4. The lowest BCUT2D eigenvalue weighted by atomic mass is 9.57. The lowest BCUT2D eigenvalue weighted by Crippen LogP contribution is -2.67. The van der Waals surface area contributed by atoms with Gasteiger partial charge in [0, 0.05) is 60.5 Å². The first kappa shape index (κ1) is 23.0. The van der Waals surface area contributed by atoms with E-state index in [1.54, 1.807) is 0 Å². The number of carbonyl (C=O) groups excluding carboxylic acids is 1. The Labute approximate surface area is 218 Å². The van der Waals surface area contributed by atoms with E-state index in [-0.39, 0.29) is 11.4 Å². The molecule has 194 valence electrons. The lowest BCUT2D eigenvalue weighted by Gasteiger charge is -2.59. The summed E-state index contributed by atoms with van der Waals surface area (Å²) in [6.07, 6.45) is 4.71. The van der Waals surface area contributed by atoms with E-state index >= 15 is 0 Å². The Bertz CT molecular complexity index is 1320. The molecule has 0 bridgehead atoms. The maximum atomic E-state index is 13.0. The van der Waals surface area contributed by atoms with Crippen LogP contribution in [0.2, 0.25) is 0 Å². The molecule has 1 spiro atoms. The first-order valence-electron chi connectivity index (χ1n) is 13.8. The first-order chi connectivity index (χ1) is 17.7. The Morgan fingerprint density at radius 2 is 1.70 bits per heavy atom. The van der Waals surface area contributed by atoms with Crippen LogP contribution in [0.15, 0.2) is 30.3 Å². The summed E-state index contributed by atoms with van der Waals surface area (Å²) in [6.45, 7) is 12.1. The molecular formula is C29H37N7O. The third-order valence-electron chi connectivity index (χ3n) is 8.95. The number of aromatic nitrogens is 5. The molecule has 7 rings (SSSR count). The molecule has 4 aliphatic rings. The van der Waals surface area contributed by atoms with Crippen molar-refractivity contribution in [1.82, 2.24) is 34.8 Å². The highest BCUT2D eigenvalue weighted by atomic mass is 16.2. The molecule has 0 atom stereocenters. The van der Waals surface area contributed by atoms with Crippen molar-refractivity contribution in [3.05, 3.63) is 58.9 Å². The van der Waals surface area contributed by atoms with Crippen molar-refractivity contribution >= 4 is 6.03 Å². The second-order valence-electron chi connectivity index (χ2n) is 13.1. The van der Waals surface area contributed by atoms with Gasteiger partial charge in [-0.3, -0.25) is 5.10 Å². The van der Waals surface area contributed by atoms with Crippen molar-refractivity contribution in [2.24, 2.45) is 5.41 Å². The van der Waals surface area contributed by atoms with Crippen LogP contribution in [0, 0.1) is 12.3 Å². The average molecular weight is 500 g/mol. The Morgan fingerprint density at radius 3 is 2.32 bits per heavy atom. The fourth-order valence-electron chi connectivity index (χ4n) is 6.37. The summed E-state index contributed by atoms with van der Waals surface area (Å²) in [5.41, 5.74) is 4.97. The predicted molar refractivity (Wildman–Crippen MR) is 141 cm³/mol. The van der Waals surface area contributed by atoms with Crippen LogP contribution in [-0.2, 0) is 5.41 Å². The number of hydrogen-bond donors (Lipinski definition) is 1. The molecular weight excluding hydrogens is 462 g/mol. The normalized spacial score (nSPS) is 21.6. The van der Waals surface area contributed by atoms with Crippen molar-refractivity contribution < 1.29 is 4.79 Å². The highest BCUT2D eigenvalue weighted by Gasteiger charge is 2.56. The highest BCUT2D eigenvalue weighted by Crippen LogP contribution is 2.56. The molecule has 8 nitrogen and oxygen atoms in total. The molecule has 1 aromatic carbocycles. The number of rotatable bonds is 4. The fourth-order valence-corrected chi connectivity index (χ4v) is 6.37. The van der Waals surface area contributed by atoms with Gasteiger partial charge in [0.25, 0.3) is 0 Å². The minimum absolute atomic E-state index is 0.0324. The third kappa shape index (κ3) is 3.96. The van der Waals surface area contributed by atoms with Crippen LogP contribution in [0.1, 0.15) is 92.8 Å². The van der Waals surface area contributed by atoms with E-state index in [0.717, 1.165) is 67.7 Å². The van der Waals surface area contributed by atoms with Crippen molar-refractivity contribution in [1.29, 1.82) is 0 Å². The number of likely N-dealkylation sites (tertiary alicyclic amines) is 2. The molecule has 2 aromatic heterocycles. The van der Waals surface area contributed by atoms with Gasteiger partial charge < -0.3 is 9.80 Å². The first-order valence-corrected chi connectivity index (χ1v) is 13.8. The van der Waals surface area contributed by atoms with Crippen LogP contribution < -0.4 is 0 Å². The van der Waals surface area contributed by atoms with Gasteiger partial charge in [-0.15, -0.1) is 0 Å². The van der Waals surface area contributed by atoms with E-state index in [9.17, 15) is 4.79 Å². The molecule has 0 radical (unpaired) electrons. The molecule has 2 aliphatic carbocycles. The molecule has 2 aliphatic heterocycles. The Kier molecular flexibility index (Phi) is 4.92.